The molecule has 1 unspecified atom stereocenters. The van der Waals surface area contributed by atoms with E-state index in [-0.39, 0.29) is 37.6 Å². The van der Waals surface area contributed by atoms with Crippen molar-refractivity contribution in [2.45, 2.75) is 19.6 Å². The van der Waals surface area contributed by atoms with Crippen molar-refractivity contribution in [3.63, 3.8) is 0 Å². The summed E-state index contributed by atoms with van der Waals surface area (Å²) >= 11 is 0. The van der Waals surface area contributed by atoms with Gasteiger partial charge in [0.1, 0.15) is 18.5 Å². The topological polar surface area (TPSA) is 132 Å². The first-order chi connectivity index (χ1) is 15.0. The van der Waals surface area contributed by atoms with Gasteiger partial charge in [-0.1, -0.05) is 0 Å². The van der Waals surface area contributed by atoms with Gasteiger partial charge in [-0.2, -0.15) is 0 Å². The lowest BCUT2D eigenvalue weighted by Crippen LogP contribution is -2.36. The third-order valence-electron chi connectivity index (χ3n) is 4.84. The lowest BCUT2D eigenvalue weighted by atomic mass is 10.1. The predicted octanol–water partition coefficient (Wildman–Crippen LogP) is 0.608. The normalized spacial score (nSPS) is 13.2. The van der Waals surface area contributed by atoms with Crippen LogP contribution in [0.5, 0.6) is 17.2 Å². The van der Waals surface area contributed by atoms with E-state index in [0.29, 0.717) is 22.6 Å². The lowest BCUT2D eigenvalue weighted by molar-refractivity contribution is 0.0843. The number of ether oxygens (including phenoxy) is 3. The van der Waals surface area contributed by atoms with Crippen molar-refractivity contribution < 1.29 is 24.1 Å². The van der Waals surface area contributed by atoms with Gasteiger partial charge >= 0.3 is 5.69 Å². The van der Waals surface area contributed by atoms with Crippen LogP contribution in [0.3, 0.4) is 0 Å². The molecule has 1 aromatic heterocycles. The van der Waals surface area contributed by atoms with Gasteiger partial charge in [-0.25, -0.2) is 4.79 Å². The van der Waals surface area contributed by atoms with Crippen molar-refractivity contribution in [3.8, 4) is 17.2 Å². The molecule has 0 bridgehead atoms. The molecule has 0 fully saturated rings. The van der Waals surface area contributed by atoms with E-state index < -0.39 is 23.3 Å². The van der Waals surface area contributed by atoms with E-state index in [1.807, 2.05) is 0 Å². The number of nitrogens with one attached hydrogen (secondary N) is 2. The summed E-state index contributed by atoms with van der Waals surface area (Å²) in [6.45, 7) is 2.02. The minimum atomic E-state index is -0.952. The summed E-state index contributed by atoms with van der Waals surface area (Å²) in [7, 11) is 0. The average molecular weight is 427 g/mol. The van der Waals surface area contributed by atoms with E-state index in [9.17, 15) is 19.5 Å². The first kappa shape index (κ1) is 20.5. The van der Waals surface area contributed by atoms with Crippen LogP contribution in [0.25, 0.3) is 10.9 Å². The van der Waals surface area contributed by atoms with Gasteiger partial charge in [-0.3, -0.25) is 14.2 Å². The van der Waals surface area contributed by atoms with Gasteiger partial charge in [0.15, 0.2) is 11.5 Å². The van der Waals surface area contributed by atoms with Crippen LogP contribution in [0.15, 0.2) is 46.0 Å². The monoisotopic (exact) mass is 427 g/mol. The number of aromatic amines is 1. The van der Waals surface area contributed by atoms with Gasteiger partial charge in [-0.05, 0) is 37.3 Å². The maximum absolute atomic E-state index is 12.4. The number of carbonyl (C=O) groups is 1. The van der Waals surface area contributed by atoms with E-state index in [4.69, 9.17) is 14.2 Å². The van der Waals surface area contributed by atoms with E-state index in [1.165, 1.54) is 18.2 Å². The van der Waals surface area contributed by atoms with Crippen LogP contribution in [0.4, 0.5) is 0 Å². The standard InChI is InChI=1S/C21H21N3O7/c1-2-24-20(27)15-5-3-12(7-16(15)23-21(24)28)19(26)22-9-13(25)10-29-14-4-6-17-18(8-14)31-11-30-17/h3-8,13,25H,2,9-11H2,1H3,(H,22,26)(H,23,28). The molecule has 0 spiro atoms. The second kappa shape index (κ2) is 8.52. The predicted molar refractivity (Wildman–Crippen MR) is 111 cm³/mol. The highest BCUT2D eigenvalue weighted by molar-refractivity contribution is 5.97. The maximum Gasteiger partial charge on any atom is 0.328 e. The Labute approximate surface area is 176 Å². The van der Waals surface area contributed by atoms with Crippen LogP contribution in [-0.2, 0) is 6.54 Å². The zero-order chi connectivity index (χ0) is 22.0. The molecule has 10 nitrogen and oxygen atoms in total. The van der Waals surface area contributed by atoms with E-state index in [2.05, 4.69) is 10.3 Å². The molecule has 2 heterocycles. The number of fused-ring (bicyclic) bond motifs is 2. The molecular weight excluding hydrogens is 406 g/mol. The molecule has 10 heteroatoms. The molecule has 0 aliphatic carbocycles. The Balaban J connectivity index is 1.36. The summed E-state index contributed by atoms with van der Waals surface area (Å²) in [6.07, 6.45) is -0.952. The Hall–Kier alpha value is -3.79. The third-order valence-corrected chi connectivity index (χ3v) is 4.84. The minimum absolute atomic E-state index is 0.0402. The van der Waals surface area contributed by atoms with Gasteiger partial charge in [0, 0.05) is 24.7 Å². The van der Waals surface area contributed by atoms with Gasteiger partial charge < -0.3 is 29.6 Å². The van der Waals surface area contributed by atoms with E-state index in [0.717, 1.165) is 4.57 Å². The van der Waals surface area contributed by atoms with E-state index >= 15 is 0 Å². The molecule has 4 rings (SSSR count). The molecule has 3 aromatic rings. The summed E-state index contributed by atoms with van der Waals surface area (Å²) in [5.41, 5.74) is -0.419. The second-order valence-electron chi connectivity index (χ2n) is 6.93. The quantitative estimate of drug-likeness (QED) is 0.503. The summed E-state index contributed by atoms with van der Waals surface area (Å²) in [4.78, 5) is 39.3. The number of hydrogen-bond donors (Lipinski definition) is 3. The maximum atomic E-state index is 12.4. The van der Waals surface area contributed by atoms with Crippen LogP contribution in [0.2, 0.25) is 0 Å². The first-order valence-corrected chi connectivity index (χ1v) is 9.72. The van der Waals surface area contributed by atoms with Crippen molar-refractivity contribution in [1.82, 2.24) is 14.9 Å². The largest absolute Gasteiger partial charge is 0.491 e. The molecule has 2 aromatic carbocycles. The molecule has 1 aliphatic heterocycles. The molecule has 1 amide bonds. The molecule has 0 saturated heterocycles. The Morgan fingerprint density at radius 1 is 1.23 bits per heavy atom. The molecule has 0 saturated carbocycles. The minimum Gasteiger partial charge on any atom is -0.491 e. The average Bonchev–Trinajstić information content (AvgIpc) is 3.23. The zero-order valence-electron chi connectivity index (χ0n) is 16.7. The molecule has 1 aliphatic rings. The Kier molecular flexibility index (Phi) is 5.63. The van der Waals surface area contributed by atoms with Gasteiger partial charge in [-0.15, -0.1) is 0 Å². The SMILES string of the molecule is CCn1c(=O)[nH]c2cc(C(=O)NCC(O)COc3ccc4c(c3)OCO4)ccc2c1=O. The van der Waals surface area contributed by atoms with Crippen LogP contribution < -0.4 is 30.8 Å². The van der Waals surface area contributed by atoms with Crippen LogP contribution in [0, 0.1) is 0 Å². The fourth-order valence-electron chi connectivity index (χ4n) is 3.21. The van der Waals surface area contributed by atoms with Gasteiger partial charge in [0.05, 0.1) is 10.9 Å². The number of aromatic nitrogens is 2. The molecule has 1 atom stereocenters. The highest BCUT2D eigenvalue weighted by Crippen LogP contribution is 2.35. The smallest absolute Gasteiger partial charge is 0.328 e. The van der Waals surface area contributed by atoms with Crippen molar-refractivity contribution in [3.05, 3.63) is 62.8 Å². The fourth-order valence-corrected chi connectivity index (χ4v) is 3.21. The highest BCUT2D eigenvalue weighted by Gasteiger charge is 2.15. The fraction of sp³-hybridized carbons (Fsp3) is 0.286. The number of carbonyl (C=O) groups excluding carboxylic acids is 1. The Morgan fingerprint density at radius 2 is 2.03 bits per heavy atom. The van der Waals surface area contributed by atoms with Crippen LogP contribution in [-0.4, -0.2) is 46.6 Å². The number of aliphatic hydroxyl groups excluding tert-OH is 1. The van der Waals surface area contributed by atoms with E-state index in [1.54, 1.807) is 25.1 Å². The van der Waals surface area contributed by atoms with Gasteiger partial charge in [0.2, 0.25) is 6.79 Å². The summed E-state index contributed by atoms with van der Waals surface area (Å²) < 4.78 is 17.1. The molecule has 3 N–H and O–H groups in total. The summed E-state index contributed by atoms with van der Waals surface area (Å²) in [5.74, 6) is 1.25. The first-order valence-electron chi connectivity index (χ1n) is 9.72. The summed E-state index contributed by atoms with van der Waals surface area (Å²) in [6, 6.07) is 9.49. The van der Waals surface area contributed by atoms with Gasteiger partial charge in [0.25, 0.3) is 11.5 Å². The molecule has 162 valence electrons. The number of amides is 1. The zero-order valence-corrected chi connectivity index (χ0v) is 16.7. The lowest BCUT2D eigenvalue weighted by Gasteiger charge is -2.14. The van der Waals surface area contributed by atoms with Crippen molar-refractivity contribution in [1.29, 1.82) is 0 Å². The number of H-pyrrole nitrogens is 1. The Morgan fingerprint density at radius 3 is 2.84 bits per heavy atom. The van der Waals surface area contributed by atoms with Crippen LogP contribution in [0.1, 0.15) is 17.3 Å². The number of aliphatic hydroxyl groups is 1. The number of rotatable bonds is 7. The molecule has 31 heavy (non-hydrogen) atoms. The number of nitrogens with zero attached hydrogens (tertiary/aromatic N) is 1. The Bertz CT molecular complexity index is 1250. The molecule has 0 radical (unpaired) electrons. The van der Waals surface area contributed by atoms with Crippen molar-refractivity contribution in [2.24, 2.45) is 0 Å². The second-order valence-corrected chi connectivity index (χ2v) is 6.93. The van der Waals surface area contributed by atoms with Crippen molar-refractivity contribution in [2.75, 3.05) is 19.9 Å². The van der Waals surface area contributed by atoms with Crippen molar-refractivity contribution >= 4 is 16.8 Å². The van der Waals surface area contributed by atoms with Crippen LogP contribution >= 0.6 is 0 Å². The summed E-state index contributed by atoms with van der Waals surface area (Å²) in [5, 5.41) is 13.0. The third kappa shape index (κ3) is 4.24. The number of benzene rings is 2. The highest BCUT2D eigenvalue weighted by atomic mass is 16.7. The number of hydrogen-bond acceptors (Lipinski definition) is 7. The molecular formula is C21H21N3O7.